The largest absolute Gasteiger partial charge is 0.397 e. The Bertz CT molecular complexity index is 334. The number of nitrogen functional groups attached to an aromatic ring is 1. The molecule has 1 rings (SSSR count). The Hall–Kier alpha value is -1.29. The second-order valence-corrected chi connectivity index (χ2v) is 3.58. The van der Waals surface area contributed by atoms with Crippen LogP contribution in [0.15, 0.2) is 12.3 Å². The fourth-order valence-corrected chi connectivity index (χ4v) is 1.33. The molecule has 3 N–H and O–H groups in total. The molecule has 1 aromatic rings. The van der Waals surface area contributed by atoms with E-state index in [-0.39, 0.29) is 11.1 Å². The molecule has 0 spiro atoms. The Labute approximate surface area is 93.8 Å². The van der Waals surface area contributed by atoms with Gasteiger partial charge in [-0.1, -0.05) is 24.9 Å². The van der Waals surface area contributed by atoms with Crippen molar-refractivity contribution in [1.29, 1.82) is 0 Å². The standard InChI is InChI=1S/C10H14ClN3O/c1-2-3-4-8(15)14-9-7(12)5-6-13-10(9)11/h5-6H,2-4H2,1H3,(H2,12,13)(H,14,15). The van der Waals surface area contributed by atoms with E-state index in [0.29, 0.717) is 17.8 Å². The number of aromatic nitrogens is 1. The van der Waals surface area contributed by atoms with Crippen LogP contribution in [0.25, 0.3) is 0 Å². The van der Waals surface area contributed by atoms with Crippen molar-refractivity contribution in [2.75, 3.05) is 11.1 Å². The molecular formula is C10H14ClN3O. The number of hydrogen-bond donors (Lipinski definition) is 2. The summed E-state index contributed by atoms with van der Waals surface area (Å²) in [6.45, 7) is 2.03. The Balaban J connectivity index is 2.68. The predicted molar refractivity (Wildman–Crippen MR) is 61.8 cm³/mol. The summed E-state index contributed by atoms with van der Waals surface area (Å²) in [5.41, 5.74) is 6.49. The first-order valence-electron chi connectivity index (χ1n) is 4.85. The smallest absolute Gasteiger partial charge is 0.224 e. The van der Waals surface area contributed by atoms with Crippen molar-refractivity contribution in [2.24, 2.45) is 0 Å². The van der Waals surface area contributed by atoms with Crippen LogP contribution in [0.3, 0.4) is 0 Å². The number of anilines is 2. The first-order chi connectivity index (χ1) is 7.15. The molecule has 0 unspecified atom stereocenters. The van der Waals surface area contributed by atoms with Crippen molar-refractivity contribution < 1.29 is 4.79 Å². The number of nitrogens with two attached hydrogens (primary N) is 1. The molecule has 4 nitrogen and oxygen atoms in total. The SMILES string of the molecule is CCCCC(=O)Nc1c(N)ccnc1Cl. The van der Waals surface area contributed by atoms with Gasteiger partial charge in [-0.25, -0.2) is 4.98 Å². The number of amides is 1. The summed E-state index contributed by atoms with van der Waals surface area (Å²) in [7, 11) is 0. The minimum atomic E-state index is -0.0848. The molecule has 1 heterocycles. The van der Waals surface area contributed by atoms with E-state index in [1.165, 1.54) is 6.20 Å². The third kappa shape index (κ3) is 3.40. The molecule has 1 amide bonds. The van der Waals surface area contributed by atoms with E-state index in [4.69, 9.17) is 17.3 Å². The fraction of sp³-hybridized carbons (Fsp3) is 0.400. The van der Waals surface area contributed by atoms with Gasteiger partial charge in [0.1, 0.15) is 5.69 Å². The summed E-state index contributed by atoms with van der Waals surface area (Å²) < 4.78 is 0. The number of carbonyl (C=O) groups is 1. The summed E-state index contributed by atoms with van der Waals surface area (Å²) in [4.78, 5) is 15.3. The highest BCUT2D eigenvalue weighted by Crippen LogP contribution is 2.25. The van der Waals surface area contributed by atoms with Gasteiger partial charge in [-0.3, -0.25) is 4.79 Å². The monoisotopic (exact) mass is 227 g/mol. The highest BCUT2D eigenvalue weighted by molar-refractivity contribution is 6.33. The Morgan fingerprint density at radius 3 is 3.00 bits per heavy atom. The number of nitrogens with zero attached hydrogens (tertiary/aromatic N) is 1. The average Bonchev–Trinajstić information content (AvgIpc) is 2.21. The molecule has 0 saturated heterocycles. The lowest BCUT2D eigenvalue weighted by Gasteiger charge is -2.08. The molecule has 15 heavy (non-hydrogen) atoms. The first-order valence-corrected chi connectivity index (χ1v) is 5.22. The lowest BCUT2D eigenvalue weighted by Crippen LogP contribution is -2.13. The molecule has 0 radical (unpaired) electrons. The number of rotatable bonds is 4. The molecular weight excluding hydrogens is 214 g/mol. The van der Waals surface area contributed by atoms with E-state index in [9.17, 15) is 4.79 Å². The number of nitrogens with one attached hydrogen (secondary N) is 1. The fourth-order valence-electron chi connectivity index (χ4n) is 1.11. The minimum absolute atomic E-state index is 0.0848. The molecule has 0 bridgehead atoms. The molecule has 0 aromatic carbocycles. The quantitative estimate of drug-likeness (QED) is 0.777. The maximum atomic E-state index is 11.4. The molecule has 1 aromatic heterocycles. The zero-order valence-electron chi connectivity index (χ0n) is 8.59. The van der Waals surface area contributed by atoms with Gasteiger partial charge in [0, 0.05) is 12.6 Å². The maximum absolute atomic E-state index is 11.4. The molecule has 0 fully saturated rings. The molecule has 0 aliphatic heterocycles. The zero-order valence-corrected chi connectivity index (χ0v) is 9.34. The van der Waals surface area contributed by atoms with Gasteiger partial charge >= 0.3 is 0 Å². The van der Waals surface area contributed by atoms with E-state index in [1.807, 2.05) is 6.92 Å². The van der Waals surface area contributed by atoms with Gasteiger partial charge in [-0.2, -0.15) is 0 Å². The zero-order chi connectivity index (χ0) is 11.3. The van der Waals surface area contributed by atoms with Crippen LogP contribution in [0, 0.1) is 0 Å². The predicted octanol–water partition coefficient (Wildman–Crippen LogP) is 2.45. The Morgan fingerprint density at radius 1 is 1.67 bits per heavy atom. The third-order valence-electron chi connectivity index (χ3n) is 1.96. The topological polar surface area (TPSA) is 68.0 Å². The first kappa shape index (κ1) is 11.8. The van der Waals surface area contributed by atoms with Gasteiger partial charge in [0.2, 0.25) is 5.91 Å². The van der Waals surface area contributed by atoms with E-state index < -0.39 is 0 Å². The second kappa shape index (κ2) is 5.56. The van der Waals surface area contributed by atoms with Crippen molar-refractivity contribution in [3.05, 3.63) is 17.4 Å². The van der Waals surface area contributed by atoms with Crippen molar-refractivity contribution >= 4 is 28.9 Å². The van der Waals surface area contributed by atoms with Crippen LogP contribution in [0.5, 0.6) is 0 Å². The number of pyridine rings is 1. The van der Waals surface area contributed by atoms with E-state index in [0.717, 1.165) is 12.8 Å². The van der Waals surface area contributed by atoms with Crippen LogP contribution in [0.2, 0.25) is 5.15 Å². The lowest BCUT2D eigenvalue weighted by atomic mass is 10.2. The summed E-state index contributed by atoms with van der Waals surface area (Å²) in [6, 6.07) is 1.60. The summed E-state index contributed by atoms with van der Waals surface area (Å²) in [5, 5.41) is 2.88. The third-order valence-corrected chi connectivity index (χ3v) is 2.25. The van der Waals surface area contributed by atoms with Crippen molar-refractivity contribution in [1.82, 2.24) is 4.98 Å². The number of unbranched alkanes of at least 4 members (excludes halogenated alkanes) is 1. The van der Waals surface area contributed by atoms with Crippen LogP contribution in [0.4, 0.5) is 11.4 Å². The second-order valence-electron chi connectivity index (χ2n) is 3.22. The van der Waals surface area contributed by atoms with Crippen LogP contribution in [-0.4, -0.2) is 10.9 Å². The van der Waals surface area contributed by atoms with Gasteiger partial charge in [0.05, 0.1) is 5.69 Å². The average molecular weight is 228 g/mol. The van der Waals surface area contributed by atoms with E-state index in [2.05, 4.69) is 10.3 Å². The maximum Gasteiger partial charge on any atom is 0.224 e. The van der Waals surface area contributed by atoms with Crippen LogP contribution in [0.1, 0.15) is 26.2 Å². The Kier molecular flexibility index (Phi) is 4.37. The van der Waals surface area contributed by atoms with Gasteiger partial charge in [-0.05, 0) is 12.5 Å². The van der Waals surface area contributed by atoms with Crippen molar-refractivity contribution in [3.63, 3.8) is 0 Å². The van der Waals surface area contributed by atoms with Crippen LogP contribution < -0.4 is 11.1 Å². The highest BCUT2D eigenvalue weighted by atomic mass is 35.5. The number of hydrogen-bond acceptors (Lipinski definition) is 3. The number of halogens is 1. The summed E-state index contributed by atoms with van der Waals surface area (Å²) >= 11 is 5.80. The molecule has 5 heteroatoms. The highest BCUT2D eigenvalue weighted by Gasteiger charge is 2.08. The van der Waals surface area contributed by atoms with Crippen LogP contribution in [-0.2, 0) is 4.79 Å². The molecule has 0 aliphatic rings. The van der Waals surface area contributed by atoms with E-state index in [1.54, 1.807) is 6.07 Å². The molecule has 0 atom stereocenters. The molecule has 0 saturated carbocycles. The number of carbonyl (C=O) groups excluding carboxylic acids is 1. The van der Waals surface area contributed by atoms with Gasteiger partial charge in [-0.15, -0.1) is 0 Å². The minimum Gasteiger partial charge on any atom is -0.397 e. The van der Waals surface area contributed by atoms with Crippen LogP contribution >= 0.6 is 11.6 Å². The Morgan fingerprint density at radius 2 is 2.40 bits per heavy atom. The van der Waals surface area contributed by atoms with Gasteiger partial charge in [0.25, 0.3) is 0 Å². The molecule has 0 aliphatic carbocycles. The van der Waals surface area contributed by atoms with Gasteiger partial charge in [0.15, 0.2) is 5.15 Å². The van der Waals surface area contributed by atoms with Crippen molar-refractivity contribution in [3.8, 4) is 0 Å². The summed E-state index contributed by atoms with van der Waals surface area (Å²) in [5.74, 6) is -0.0848. The normalized spacial score (nSPS) is 10.0. The van der Waals surface area contributed by atoms with Crippen molar-refractivity contribution in [2.45, 2.75) is 26.2 Å². The molecule has 82 valence electrons. The van der Waals surface area contributed by atoms with E-state index >= 15 is 0 Å². The lowest BCUT2D eigenvalue weighted by molar-refractivity contribution is -0.116. The summed E-state index contributed by atoms with van der Waals surface area (Å²) in [6.07, 6.45) is 3.80. The van der Waals surface area contributed by atoms with Gasteiger partial charge < -0.3 is 11.1 Å².